The number of anilines is 2. The first-order chi connectivity index (χ1) is 9.20. The summed E-state index contributed by atoms with van der Waals surface area (Å²) in [4.78, 5) is 8.44. The lowest BCUT2D eigenvalue weighted by Gasteiger charge is -2.04. The minimum atomic E-state index is 0.330. The van der Waals surface area contributed by atoms with Crippen molar-refractivity contribution in [1.82, 2.24) is 20.2 Å². The molecule has 0 aliphatic carbocycles. The van der Waals surface area contributed by atoms with Gasteiger partial charge in [0.1, 0.15) is 11.0 Å². The molecule has 19 heavy (non-hydrogen) atoms. The number of furan rings is 1. The lowest BCUT2D eigenvalue weighted by Crippen LogP contribution is -1.97. The van der Waals surface area contributed by atoms with E-state index in [2.05, 4.69) is 25.5 Å². The second-order valence-corrected chi connectivity index (χ2v) is 4.33. The summed E-state index contributed by atoms with van der Waals surface area (Å²) in [5.74, 6) is 2.20. The van der Waals surface area contributed by atoms with E-state index in [1.54, 1.807) is 24.5 Å². The summed E-state index contributed by atoms with van der Waals surface area (Å²) in [6, 6.07) is 7.03. The van der Waals surface area contributed by atoms with Gasteiger partial charge < -0.3 is 9.73 Å². The number of nitrogens with one attached hydrogen (secondary N) is 2. The zero-order valence-electron chi connectivity index (χ0n) is 10.0. The molecule has 0 spiro atoms. The molecule has 2 N–H and O–H groups in total. The number of nitrogens with zero attached hydrogens (tertiary/aromatic N) is 3. The van der Waals surface area contributed by atoms with Crippen LogP contribution in [0.15, 0.2) is 34.9 Å². The summed E-state index contributed by atoms with van der Waals surface area (Å²) >= 11 is 5.98. The molecular weight excluding hydrogens is 266 g/mol. The fourth-order valence-electron chi connectivity index (χ4n) is 1.61. The van der Waals surface area contributed by atoms with Crippen molar-refractivity contribution >= 4 is 23.2 Å². The highest BCUT2D eigenvalue weighted by Crippen LogP contribution is 2.22. The molecule has 0 bridgehead atoms. The highest BCUT2D eigenvalue weighted by molar-refractivity contribution is 6.29. The SMILES string of the molecule is Cc1cc(Nc2cc(Cl)nc(-c3ccco3)n2)n[nH]1. The van der Waals surface area contributed by atoms with Gasteiger partial charge in [-0.25, -0.2) is 9.97 Å². The van der Waals surface area contributed by atoms with Crippen molar-refractivity contribution in [1.29, 1.82) is 0 Å². The van der Waals surface area contributed by atoms with Crippen LogP contribution in [0.3, 0.4) is 0 Å². The van der Waals surface area contributed by atoms with Crippen molar-refractivity contribution in [3.8, 4) is 11.6 Å². The molecular formula is C12H10ClN5O. The van der Waals surface area contributed by atoms with E-state index >= 15 is 0 Å². The Labute approximate surface area is 113 Å². The van der Waals surface area contributed by atoms with Gasteiger partial charge in [-0.05, 0) is 19.1 Å². The van der Waals surface area contributed by atoms with Crippen LogP contribution in [0.25, 0.3) is 11.6 Å². The van der Waals surface area contributed by atoms with Gasteiger partial charge in [-0.2, -0.15) is 5.10 Å². The lowest BCUT2D eigenvalue weighted by molar-refractivity contribution is 0.577. The Morgan fingerprint density at radius 2 is 2.16 bits per heavy atom. The molecule has 0 aliphatic rings. The third-order valence-corrected chi connectivity index (χ3v) is 2.59. The summed E-state index contributed by atoms with van der Waals surface area (Å²) in [5.41, 5.74) is 0.953. The molecule has 3 aromatic rings. The minimum Gasteiger partial charge on any atom is -0.461 e. The van der Waals surface area contributed by atoms with Crippen LogP contribution in [0, 0.1) is 6.92 Å². The molecule has 96 valence electrons. The molecule has 3 aromatic heterocycles. The molecule has 0 amide bonds. The predicted octanol–water partition coefficient (Wildman–Crippen LogP) is 3.17. The summed E-state index contributed by atoms with van der Waals surface area (Å²) in [6.07, 6.45) is 1.56. The molecule has 0 fully saturated rings. The van der Waals surface area contributed by atoms with Crippen molar-refractivity contribution in [3.05, 3.63) is 41.4 Å². The van der Waals surface area contributed by atoms with Crippen molar-refractivity contribution < 1.29 is 4.42 Å². The molecule has 3 heterocycles. The maximum absolute atomic E-state index is 5.98. The van der Waals surface area contributed by atoms with Gasteiger partial charge in [0.05, 0.1) is 6.26 Å². The molecule has 0 saturated carbocycles. The molecule has 6 nitrogen and oxygen atoms in total. The van der Waals surface area contributed by atoms with Gasteiger partial charge in [-0.3, -0.25) is 5.10 Å². The Kier molecular flexibility index (Phi) is 2.92. The number of H-pyrrole nitrogens is 1. The molecule has 0 atom stereocenters. The standard InChI is InChI=1S/C12H10ClN5O/c1-7-5-11(18-17-7)15-10-6-9(13)14-12(16-10)8-3-2-4-19-8/h2-6H,1H3,(H2,14,15,16,17,18). The van der Waals surface area contributed by atoms with Crippen LogP contribution in [0.4, 0.5) is 11.6 Å². The summed E-state index contributed by atoms with van der Waals surface area (Å²) in [6.45, 7) is 1.92. The molecule has 0 aliphatic heterocycles. The highest BCUT2D eigenvalue weighted by Gasteiger charge is 2.09. The second kappa shape index (κ2) is 4.74. The molecule has 0 aromatic carbocycles. The monoisotopic (exact) mass is 275 g/mol. The average Bonchev–Trinajstić information content (AvgIpc) is 3.00. The molecule has 0 unspecified atom stereocenters. The maximum Gasteiger partial charge on any atom is 0.199 e. The molecule has 7 heteroatoms. The van der Waals surface area contributed by atoms with Gasteiger partial charge in [0, 0.05) is 17.8 Å². The highest BCUT2D eigenvalue weighted by atomic mass is 35.5. The van der Waals surface area contributed by atoms with Crippen molar-refractivity contribution in [2.75, 3.05) is 5.32 Å². The summed E-state index contributed by atoms with van der Waals surface area (Å²) in [5, 5.41) is 10.3. The van der Waals surface area contributed by atoms with E-state index in [-0.39, 0.29) is 0 Å². The Hall–Kier alpha value is -2.34. The van der Waals surface area contributed by atoms with Crippen molar-refractivity contribution in [3.63, 3.8) is 0 Å². The fraction of sp³-hybridized carbons (Fsp3) is 0.0833. The number of aromatic nitrogens is 4. The van der Waals surface area contributed by atoms with Crippen LogP contribution in [-0.2, 0) is 0 Å². The Morgan fingerprint density at radius 1 is 1.26 bits per heavy atom. The van der Waals surface area contributed by atoms with E-state index in [0.29, 0.717) is 28.4 Å². The van der Waals surface area contributed by atoms with Crippen LogP contribution in [0.1, 0.15) is 5.69 Å². The molecule has 0 saturated heterocycles. The first-order valence-corrected chi connectivity index (χ1v) is 5.96. The summed E-state index contributed by atoms with van der Waals surface area (Å²) < 4.78 is 5.25. The van der Waals surface area contributed by atoms with Crippen LogP contribution in [-0.4, -0.2) is 20.2 Å². The van der Waals surface area contributed by atoms with E-state index in [1.165, 1.54) is 0 Å². The number of rotatable bonds is 3. The number of hydrogen-bond donors (Lipinski definition) is 2. The van der Waals surface area contributed by atoms with Crippen LogP contribution in [0.2, 0.25) is 5.15 Å². The predicted molar refractivity (Wildman–Crippen MR) is 71.4 cm³/mol. The maximum atomic E-state index is 5.98. The van der Waals surface area contributed by atoms with E-state index in [0.717, 1.165) is 5.69 Å². The Bertz CT molecular complexity index is 692. The van der Waals surface area contributed by atoms with Crippen LogP contribution in [0.5, 0.6) is 0 Å². The van der Waals surface area contributed by atoms with Gasteiger partial charge in [0.15, 0.2) is 17.4 Å². The van der Waals surface area contributed by atoms with E-state index in [4.69, 9.17) is 16.0 Å². The Balaban J connectivity index is 1.94. The zero-order valence-corrected chi connectivity index (χ0v) is 10.8. The third-order valence-electron chi connectivity index (χ3n) is 2.40. The normalized spacial score (nSPS) is 10.6. The largest absolute Gasteiger partial charge is 0.461 e. The third kappa shape index (κ3) is 2.58. The number of hydrogen-bond acceptors (Lipinski definition) is 5. The minimum absolute atomic E-state index is 0.330. The molecule has 0 radical (unpaired) electrons. The lowest BCUT2D eigenvalue weighted by atomic mass is 10.4. The average molecular weight is 276 g/mol. The number of aromatic amines is 1. The zero-order chi connectivity index (χ0) is 13.2. The Morgan fingerprint density at radius 3 is 2.84 bits per heavy atom. The van der Waals surface area contributed by atoms with E-state index in [1.807, 2.05) is 13.0 Å². The van der Waals surface area contributed by atoms with Gasteiger partial charge >= 0.3 is 0 Å². The van der Waals surface area contributed by atoms with Gasteiger partial charge in [0.25, 0.3) is 0 Å². The van der Waals surface area contributed by atoms with E-state index in [9.17, 15) is 0 Å². The smallest absolute Gasteiger partial charge is 0.199 e. The van der Waals surface area contributed by atoms with E-state index < -0.39 is 0 Å². The van der Waals surface area contributed by atoms with Gasteiger partial charge in [-0.15, -0.1) is 0 Å². The van der Waals surface area contributed by atoms with Crippen LogP contribution < -0.4 is 5.32 Å². The first kappa shape index (κ1) is 11.7. The number of halogens is 1. The van der Waals surface area contributed by atoms with Gasteiger partial charge in [-0.1, -0.05) is 11.6 Å². The quantitative estimate of drug-likeness (QED) is 0.718. The molecule has 3 rings (SSSR count). The van der Waals surface area contributed by atoms with Crippen LogP contribution >= 0.6 is 11.6 Å². The topological polar surface area (TPSA) is 79.6 Å². The van der Waals surface area contributed by atoms with Crippen molar-refractivity contribution in [2.45, 2.75) is 6.92 Å². The van der Waals surface area contributed by atoms with Gasteiger partial charge in [0.2, 0.25) is 0 Å². The number of aryl methyl sites for hydroxylation is 1. The second-order valence-electron chi connectivity index (χ2n) is 3.94. The summed E-state index contributed by atoms with van der Waals surface area (Å²) in [7, 11) is 0. The first-order valence-electron chi connectivity index (χ1n) is 5.58. The van der Waals surface area contributed by atoms with Crippen molar-refractivity contribution in [2.24, 2.45) is 0 Å². The fourth-order valence-corrected chi connectivity index (χ4v) is 1.79.